The molecule has 0 bridgehead atoms. The van der Waals surface area contributed by atoms with Crippen LogP contribution in [0, 0.1) is 11.3 Å². The number of carboxylic acids is 1. The van der Waals surface area contributed by atoms with Gasteiger partial charge in [-0.15, -0.1) is 0 Å². The van der Waals surface area contributed by atoms with Crippen LogP contribution in [0.25, 0.3) is 0 Å². The van der Waals surface area contributed by atoms with Gasteiger partial charge < -0.3 is 15.2 Å². The number of nitrogens with one attached hydrogen (secondary N) is 1. The van der Waals surface area contributed by atoms with Gasteiger partial charge in [-0.1, -0.05) is 12.1 Å². The average molecular weight is 290 g/mol. The highest BCUT2D eigenvalue weighted by Gasteiger charge is 2.22. The van der Waals surface area contributed by atoms with E-state index in [2.05, 4.69) is 5.32 Å². The fraction of sp³-hybridized carbons (Fsp3) is 0.400. The molecule has 1 aromatic carbocycles. The second kappa shape index (κ2) is 6.75. The molecule has 1 rings (SSSR count). The van der Waals surface area contributed by atoms with Crippen molar-refractivity contribution in [3.05, 3.63) is 35.4 Å². The van der Waals surface area contributed by atoms with Crippen LogP contribution in [0.5, 0.6) is 0 Å². The van der Waals surface area contributed by atoms with Gasteiger partial charge in [-0.25, -0.2) is 4.79 Å². The highest BCUT2D eigenvalue weighted by atomic mass is 16.6. The molecule has 1 unspecified atom stereocenters. The topological polar surface area (TPSA) is 99.4 Å². The van der Waals surface area contributed by atoms with E-state index in [-0.39, 0.29) is 6.54 Å². The molecular weight excluding hydrogens is 272 g/mol. The second-order valence-corrected chi connectivity index (χ2v) is 5.51. The summed E-state index contributed by atoms with van der Waals surface area (Å²) in [4.78, 5) is 22.8. The molecule has 0 saturated carbocycles. The number of ether oxygens (including phenoxy) is 1. The predicted octanol–water partition coefficient (Wildman–Crippen LogP) is 2.25. The number of carbonyl (C=O) groups is 2. The molecule has 6 nitrogen and oxygen atoms in total. The second-order valence-electron chi connectivity index (χ2n) is 5.51. The van der Waals surface area contributed by atoms with Gasteiger partial charge in [0.25, 0.3) is 0 Å². The van der Waals surface area contributed by atoms with Crippen LogP contribution in [0.4, 0.5) is 4.79 Å². The monoisotopic (exact) mass is 290 g/mol. The van der Waals surface area contributed by atoms with Crippen LogP contribution < -0.4 is 5.32 Å². The number of carboxylic acid groups (broad SMARTS) is 1. The van der Waals surface area contributed by atoms with Crippen LogP contribution in [0.15, 0.2) is 24.3 Å². The lowest BCUT2D eigenvalue weighted by Crippen LogP contribution is -2.36. The fourth-order valence-electron chi connectivity index (χ4n) is 1.64. The molecule has 6 heteroatoms. The van der Waals surface area contributed by atoms with Gasteiger partial charge in [0.15, 0.2) is 0 Å². The highest BCUT2D eigenvalue weighted by molar-refractivity contribution is 5.77. The van der Waals surface area contributed by atoms with Crippen LogP contribution in [0.2, 0.25) is 0 Å². The zero-order valence-electron chi connectivity index (χ0n) is 12.2. The first kappa shape index (κ1) is 16.5. The van der Waals surface area contributed by atoms with Gasteiger partial charge in [0.05, 0.1) is 17.6 Å². The third kappa shape index (κ3) is 5.53. The number of hydrogen-bond acceptors (Lipinski definition) is 4. The maximum absolute atomic E-state index is 11.5. The van der Waals surface area contributed by atoms with E-state index >= 15 is 0 Å². The predicted molar refractivity (Wildman–Crippen MR) is 75.8 cm³/mol. The standard InChI is InChI=1S/C15H18N2O4/c1-15(2,3)21-14(20)17-9-12(13(18)19)11-6-4-10(8-16)5-7-11/h4-7,12H,9H2,1-3H3,(H,17,20)(H,18,19). The molecule has 1 aromatic rings. The van der Waals surface area contributed by atoms with E-state index < -0.39 is 23.6 Å². The van der Waals surface area contributed by atoms with E-state index in [9.17, 15) is 14.7 Å². The van der Waals surface area contributed by atoms with E-state index in [4.69, 9.17) is 10.00 Å². The Kier molecular flexibility index (Phi) is 5.30. The Morgan fingerprint density at radius 1 is 1.33 bits per heavy atom. The molecular formula is C15H18N2O4. The Balaban J connectivity index is 2.72. The number of benzene rings is 1. The van der Waals surface area contributed by atoms with E-state index in [1.54, 1.807) is 45.0 Å². The largest absolute Gasteiger partial charge is 0.481 e. The number of amides is 1. The van der Waals surface area contributed by atoms with Crippen molar-refractivity contribution in [3.63, 3.8) is 0 Å². The molecule has 0 radical (unpaired) electrons. The quantitative estimate of drug-likeness (QED) is 0.886. The number of carbonyl (C=O) groups excluding carboxylic acids is 1. The number of nitrogens with zero attached hydrogens (tertiary/aromatic N) is 1. The molecule has 0 heterocycles. The number of aliphatic carboxylic acids is 1. The zero-order valence-corrected chi connectivity index (χ0v) is 12.2. The summed E-state index contributed by atoms with van der Waals surface area (Å²) in [5, 5.41) is 20.4. The van der Waals surface area contributed by atoms with Crippen molar-refractivity contribution < 1.29 is 19.4 Å². The summed E-state index contributed by atoms with van der Waals surface area (Å²) in [7, 11) is 0. The fourth-order valence-corrected chi connectivity index (χ4v) is 1.64. The van der Waals surface area contributed by atoms with Crippen molar-refractivity contribution in [1.82, 2.24) is 5.32 Å². The Morgan fingerprint density at radius 3 is 2.33 bits per heavy atom. The first-order valence-corrected chi connectivity index (χ1v) is 6.42. The van der Waals surface area contributed by atoms with Gasteiger partial charge in [0.2, 0.25) is 0 Å². The molecule has 0 spiro atoms. The van der Waals surface area contributed by atoms with E-state index in [1.807, 2.05) is 6.07 Å². The molecule has 21 heavy (non-hydrogen) atoms. The minimum atomic E-state index is -1.06. The van der Waals surface area contributed by atoms with E-state index in [1.165, 1.54) is 0 Å². The molecule has 1 amide bonds. The summed E-state index contributed by atoms with van der Waals surface area (Å²) in [6.45, 7) is 5.09. The minimum absolute atomic E-state index is 0.0872. The van der Waals surface area contributed by atoms with E-state index in [0.717, 1.165) is 0 Å². The van der Waals surface area contributed by atoms with Crippen LogP contribution in [-0.2, 0) is 9.53 Å². The SMILES string of the molecule is CC(C)(C)OC(=O)NCC(C(=O)O)c1ccc(C#N)cc1. The minimum Gasteiger partial charge on any atom is -0.481 e. The lowest BCUT2D eigenvalue weighted by molar-refractivity contribution is -0.138. The maximum atomic E-state index is 11.5. The summed E-state index contributed by atoms with van der Waals surface area (Å²) >= 11 is 0. The van der Waals surface area contributed by atoms with Crippen molar-refractivity contribution in [2.75, 3.05) is 6.54 Å². The van der Waals surface area contributed by atoms with Gasteiger partial charge in [0, 0.05) is 6.54 Å². The van der Waals surface area contributed by atoms with Crippen LogP contribution in [-0.4, -0.2) is 29.3 Å². The summed E-state index contributed by atoms with van der Waals surface area (Å²) in [5.74, 6) is -1.96. The first-order chi connectivity index (χ1) is 9.73. The van der Waals surface area contributed by atoms with Gasteiger partial charge in [-0.05, 0) is 38.5 Å². The molecule has 0 aliphatic rings. The van der Waals surface area contributed by atoms with Crippen molar-refractivity contribution in [2.45, 2.75) is 32.3 Å². The molecule has 1 atom stereocenters. The molecule has 0 aliphatic carbocycles. The van der Waals surface area contributed by atoms with Gasteiger partial charge >= 0.3 is 12.1 Å². The molecule has 0 fully saturated rings. The first-order valence-electron chi connectivity index (χ1n) is 6.42. The maximum Gasteiger partial charge on any atom is 0.407 e. The van der Waals surface area contributed by atoms with Crippen molar-refractivity contribution in [1.29, 1.82) is 5.26 Å². The molecule has 0 saturated heterocycles. The Morgan fingerprint density at radius 2 is 1.90 bits per heavy atom. The summed E-state index contributed by atoms with van der Waals surface area (Å²) < 4.78 is 5.05. The Bertz CT molecular complexity index is 553. The average Bonchev–Trinajstić information content (AvgIpc) is 2.37. The van der Waals surface area contributed by atoms with E-state index in [0.29, 0.717) is 11.1 Å². The normalized spacial score (nSPS) is 12.1. The van der Waals surface area contributed by atoms with Crippen molar-refractivity contribution in [2.24, 2.45) is 0 Å². The van der Waals surface area contributed by atoms with Crippen LogP contribution >= 0.6 is 0 Å². The Labute approximate surface area is 123 Å². The lowest BCUT2D eigenvalue weighted by Gasteiger charge is -2.21. The summed E-state index contributed by atoms with van der Waals surface area (Å²) in [6, 6.07) is 8.17. The van der Waals surface area contributed by atoms with Crippen LogP contribution in [0.3, 0.4) is 0 Å². The van der Waals surface area contributed by atoms with Gasteiger partial charge in [-0.2, -0.15) is 5.26 Å². The molecule has 112 valence electrons. The van der Waals surface area contributed by atoms with Gasteiger partial charge in [0.1, 0.15) is 5.60 Å². The molecule has 0 aromatic heterocycles. The van der Waals surface area contributed by atoms with Gasteiger partial charge in [-0.3, -0.25) is 4.79 Å². The summed E-state index contributed by atoms with van der Waals surface area (Å²) in [6.07, 6.45) is -0.664. The third-order valence-electron chi connectivity index (χ3n) is 2.59. The zero-order chi connectivity index (χ0) is 16.0. The van der Waals surface area contributed by atoms with Crippen LogP contribution in [0.1, 0.15) is 37.8 Å². The smallest absolute Gasteiger partial charge is 0.407 e. The highest BCUT2D eigenvalue weighted by Crippen LogP contribution is 2.16. The van der Waals surface area contributed by atoms with Crippen molar-refractivity contribution in [3.8, 4) is 6.07 Å². The number of hydrogen-bond donors (Lipinski definition) is 2. The summed E-state index contributed by atoms with van der Waals surface area (Å²) in [5.41, 5.74) is 0.317. The third-order valence-corrected chi connectivity index (χ3v) is 2.59. The lowest BCUT2D eigenvalue weighted by atomic mass is 9.98. The number of rotatable bonds is 4. The molecule has 0 aliphatic heterocycles. The number of nitriles is 1. The molecule has 2 N–H and O–H groups in total. The Hall–Kier alpha value is -2.55. The number of alkyl carbamates (subject to hydrolysis) is 1. The van der Waals surface area contributed by atoms with Crippen molar-refractivity contribution >= 4 is 12.1 Å².